The molecule has 7 nitrogen and oxygen atoms in total. The average Bonchev–Trinajstić information content (AvgIpc) is 3.21. The first kappa shape index (κ1) is 18.3. The van der Waals surface area contributed by atoms with E-state index in [4.69, 9.17) is 4.74 Å². The summed E-state index contributed by atoms with van der Waals surface area (Å²) in [6, 6.07) is 7.72. The number of hydrogen-bond acceptors (Lipinski definition) is 5. The third kappa shape index (κ3) is 3.94. The van der Waals surface area contributed by atoms with Gasteiger partial charge in [-0.3, -0.25) is 14.6 Å². The molecule has 0 unspecified atom stereocenters. The van der Waals surface area contributed by atoms with Gasteiger partial charge in [-0.05, 0) is 43.4 Å². The molecule has 1 aliphatic heterocycles. The van der Waals surface area contributed by atoms with Crippen LogP contribution in [0.3, 0.4) is 0 Å². The fourth-order valence-electron chi connectivity index (χ4n) is 3.52. The number of carbonyl (C=O) groups excluding carboxylic acids is 1. The molecule has 0 saturated carbocycles. The van der Waals surface area contributed by atoms with Crippen LogP contribution in [0.4, 0.5) is 0 Å². The van der Waals surface area contributed by atoms with Crippen LogP contribution in [0.5, 0.6) is 0 Å². The summed E-state index contributed by atoms with van der Waals surface area (Å²) in [7, 11) is 0. The highest BCUT2D eigenvalue weighted by atomic mass is 16.5. The SMILES string of the molecule is Cc1ccc2[nH]c(=O)c(CN(C[C@H]3CCCO3)C(=O)c3cnccn3)cc2c1. The number of pyridine rings is 1. The van der Waals surface area contributed by atoms with Gasteiger partial charge in [0.2, 0.25) is 0 Å². The normalized spacial score (nSPS) is 16.4. The fraction of sp³-hybridized carbons (Fsp3) is 0.333. The van der Waals surface area contributed by atoms with E-state index in [0.717, 1.165) is 29.3 Å². The lowest BCUT2D eigenvalue weighted by atomic mass is 10.1. The zero-order valence-electron chi connectivity index (χ0n) is 15.7. The average molecular weight is 378 g/mol. The highest BCUT2D eigenvalue weighted by Gasteiger charge is 2.25. The molecule has 1 fully saturated rings. The van der Waals surface area contributed by atoms with Crippen molar-refractivity contribution in [2.24, 2.45) is 0 Å². The number of hydrogen-bond donors (Lipinski definition) is 1. The van der Waals surface area contributed by atoms with Crippen molar-refractivity contribution >= 4 is 16.8 Å². The van der Waals surface area contributed by atoms with Crippen molar-refractivity contribution in [1.29, 1.82) is 0 Å². The van der Waals surface area contributed by atoms with Crippen LogP contribution in [0.25, 0.3) is 10.9 Å². The Morgan fingerprint density at radius 3 is 2.96 bits per heavy atom. The van der Waals surface area contributed by atoms with Crippen molar-refractivity contribution in [3.8, 4) is 0 Å². The summed E-state index contributed by atoms with van der Waals surface area (Å²) in [6.07, 6.45) is 6.31. The molecule has 1 aromatic carbocycles. The van der Waals surface area contributed by atoms with Gasteiger partial charge >= 0.3 is 0 Å². The van der Waals surface area contributed by atoms with E-state index in [1.165, 1.54) is 18.6 Å². The first-order chi connectivity index (χ1) is 13.6. The Morgan fingerprint density at radius 2 is 2.21 bits per heavy atom. The number of nitrogens with one attached hydrogen (secondary N) is 1. The molecule has 144 valence electrons. The van der Waals surface area contributed by atoms with E-state index in [0.29, 0.717) is 18.7 Å². The van der Waals surface area contributed by atoms with Gasteiger partial charge in [0, 0.05) is 36.6 Å². The third-order valence-electron chi connectivity index (χ3n) is 4.96. The maximum absolute atomic E-state index is 13.0. The van der Waals surface area contributed by atoms with Crippen molar-refractivity contribution in [3.05, 3.63) is 70.0 Å². The van der Waals surface area contributed by atoms with Gasteiger partial charge in [0.05, 0.1) is 18.8 Å². The number of aromatic amines is 1. The first-order valence-electron chi connectivity index (χ1n) is 9.39. The molecule has 1 aliphatic rings. The van der Waals surface area contributed by atoms with Crippen molar-refractivity contribution in [1.82, 2.24) is 19.9 Å². The third-order valence-corrected chi connectivity index (χ3v) is 4.96. The van der Waals surface area contributed by atoms with Crippen LogP contribution in [0.1, 0.15) is 34.5 Å². The molecule has 1 saturated heterocycles. The molecule has 7 heteroatoms. The van der Waals surface area contributed by atoms with Gasteiger partial charge in [-0.25, -0.2) is 4.98 Å². The van der Waals surface area contributed by atoms with Gasteiger partial charge in [0.1, 0.15) is 5.69 Å². The van der Waals surface area contributed by atoms with Crippen molar-refractivity contribution in [2.45, 2.75) is 32.4 Å². The highest BCUT2D eigenvalue weighted by molar-refractivity contribution is 5.92. The number of amides is 1. The van der Waals surface area contributed by atoms with Crippen LogP contribution < -0.4 is 5.56 Å². The number of H-pyrrole nitrogens is 1. The molecule has 1 N–H and O–H groups in total. The summed E-state index contributed by atoms with van der Waals surface area (Å²) in [6.45, 7) is 3.31. The van der Waals surface area contributed by atoms with Crippen molar-refractivity contribution in [3.63, 3.8) is 0 Å². The van der Waals surface area contributed by atoms with Crippen LogP contribution in [0.15, 0.2) is 47.7 Å². The minimum atomic E-state index is -0.257. The molecular weight excluding hydrogens is 356 g/mol. The molecule has 3 heterocycles. The zero-order chi connectivity index (χ0) is 19.5. The van der Waals surface area contributed by atoms with Gasteiger partial charge in [-0.2, -0.15) is 0 Å². The Bertz CT molecular complexity index is 1040. The molecule has 4 rings (SSSR count). The van der Waals surface area contributed by atoms with Crippen LogP contribution in [0, 0.1) is 6.92 Å². The zero-order valence-corrected chi connectivity index (χ0v) is 15.7. The van der Waals surface area contributed by atoms with Crippen LogP contribution >= 0.6 is 0 Å². The van der Waals surface area contributed by atoms with E-state index in [1.807, 2.05) is 31.2 Å². The lowest BCUT2D eigenvalue weighted by Gasteiger charge is -2.25. The number of benzene rings is 1. The van der Waals surface area contributed by atoms with E-state index >= 15 is 0 Å². The summed E-state index contributed by atoms with van der Waals surface area (Å²) in [5.74, 6) is -0.257. The van der Waals surface area contributed by atoms with E-state index in [-0.39, 0.29) is 29.8 Å². The Balaban J connectivity index is 1.66. The van der Waals surface area contributed by atoms with Crippen molar-refractivity contribution < 1.29 is 9.53 Å². The number of aryl methyl sites for hydroxylation is 1. The second-order valence-corrected chi connectivity index (χ2v) is 7.13. The van der Waals surface area contributed by atoms with Gasteiger partial charge < -0.3 is 14.6 Å². The number of carbonyl (C=O) groups is 1. The lowest BCUT2D eigenvalue weighted by molar-refractivity contribution is 0.0501. The van der Waals surface area contributed by atoms with E-state index in [1.54, 1.807) is 4.90 Å². The lowest BCUT2D eigenvalue weighted by Crippen LogP contribution is -2.38. The van der Waals surface area contributed by atoms with Crippen LogP contribution in [-0.4, -0.2) is 45.0 Å². The van der Waals surface area contributed by atoms with Crippen LogP contribution in [0.2, 0.25) is 0 Å². The molecule has 2 aromatic heterocycles. The van der Waals surface area contributed by atoms with Crippen molar-refractivity contribution in [2.75, 3.05) is 13.2 Å². The standard InChI is InChI=1S/C21H22N4O3/c1-14-4-5-18-15(9-14)10-16(20(26)24-18)12-25(13-17-3-2-8-28-17)21(27)19-11-22-6-7-23-19/h4-7,9-11,17H,2-3,8,12-13H2,1H3,(H,24,26)/t17-/m1/s1. The van der Waals surface area contributed by atoms with E-state index in [9.17, 15) is 9.59 Å². The topological polar surface area (TPSA) is 88.2 Å². The summed E-state index contributed by atoms with van der Waals surface area (Å²) < 4.78 is 5.71. The Kier molecular flexibility index (Phi) is 5.16. The minimum absolute atomic E-state index is 0.0256. The van der Waals surface area contributed by atoms with E-state index < -0.39 is 0 Å². The fourth-order valence-corrected chi connectivity index (χ4v) is 3.52. The Labute approximate surface area is 162 Å². The van der Waals surface area contributed by atoms with E-state index in [2.05, 4.69) is 15.0 Å². The summed E-state index contributed by atoms with van der Waals surface area (Å²) in [5, 5.41) is 0.943. The summed E-state index contributed by atoms with van der Waals surface area (Å²) >= 11 is 0. The second kappa shape index (κ2) is 7.90. The minimum Gasteiger partial charge on any atom is -0.376 e. The smallest absolute Gasteiger partial charge is 0.274 e. The molecular formula is C21H22N4O3. The number of fused-ring (bicyclic) bond motifs is 1. The highest BCUT2D eigenvalue weighted by Crippen LogP contribution is 2.18. The first-order valence-corrected chi connectivity index (χ1v) is 9.39. The number of rotatable bonds is 5. The van der Waals surface area contributed by atoms with Gasteiger partial charge in [-0.15, -0.1) is 0 Å². The molecule has 28 heavy (non-hydrogen) atoms. The Hall–Kier alpha value is -3.06. The largest absolute Gasteiger partial charge is 0.376 e. The monoisotopic (exact) mass is 378 g/mol. The summed E-state index contributed by atoms with van der Waals surface area (Å²) in [5.41, 5.74) is 2.49. The second-order valence-electron chi connectivity index (χ2n) is 7.13. The molecule has 0 radical (unpaired) electrons. The predicted molar refractivity (Wildman–Crippen MR) is 105 cm³/mol. The molecule has 1 amide bonds. The van der Waals surface area contributed by atoms with Gasteiger partial charge in [-0.1, -0.05) is 11.6 Å². The quantitative estimate of drug-likeness (QED) is 0.737. The molecule has 0 aliphatic carbocycles. The number of aromatic nitrogens is 3. The Morgan fingerprint density at radius 1 is 1.32 bits per heavy atom. The van der Waals surface area contributed by atoms with Crippen LogP contribution in [-0.2, 0) is 11.3 Å². The number of nitrogens with zero attached hydrogens (tertiary/aromatic N) is 3. The maximum Gasteiger partial charge on any atom is 0.274 e. The maximum atomic E-state index is 13.0. The molecule has 0 bridgehead atoms. The van der Waals surface area contributed by atoms with Gasteiger partial charge in [0.15, 0.2) is 0 Å². The molecule has 0 spiro atoms. The molecule has 1 atom stereocenters. The predicted octanol–water partition coefficient (Wildman–Crippen LogP) is 2.45. The number of ether oxygens (including phenoxy) is 1. The summed E-state index contributed by atoms with van der Waals surface area (Å²) in [4.78, 5) is 38.3. The molecule has 3 aromatic rings. The van der Waals surface area contributed by atoms with Gasteiger partial charge in [0.25, 0.3) is 11.5 Å².